The van der Waals surface area contributed by atoms with Crippen LogP contribution >= 0.6 is 0 Å². The summed E-state index contributed by atoms with van der Waals surface area (Å²) in [6, 6.07) is 6.72. The Morgan fingerprint density at radius 3 is 2.67 bits per heavy atom. The van der Waals surface area contributed by atoms with Gasteiger partial charge in [0.2, 0.25) is 11.9 Å². The van der Waals surface area contributed by atoms with Gasteiger partial charge in [-0.2, -0.15) is 5.26 Å². The fourth-order valence-corrected chi connectivity index (χ4v) is 3.31. The monoisotopic (exact) mass is 331 g/mol. The topological polar surface area (TPSA) is 122 Å². The molecule has 8 heteroatoms. The molecule has 8 nitrogen and oxygen atoms in total. The molecule has 1 aliphatic rings. The summed E-state index contributed by atoms with van der Waals surface area (Å²) < 4.78 is 4.91. The van der Waals surface area contributed by atoms with E-state index in [2.05, 4.69) is 5.32 Å². The Morgan fingerprint density at radius 1 is 1.46 bits per heavy atom. The van der Waals surface area contributed by atoms with Crippen molar-refractivity contribution in [3.8, 4) is 6.07 Å². The lowest BCUT2D eigenvalue weighted by Crippen LogP contribution is -2.56. The van der Waals surface area contributed by atoms with E-state index in [0.29, 0.717) is 5.69 Å². The zero-order valence-electron chi connectivity index (χ0n) is 13.3. The minimum atomic E-state index is -1.92. The second-order valence-electron chi connectivity index (χ2n) is 5.39. The summed E-state index contributed by atoms with van der Waals surface area (Å²) in [6.07, 6.45) is -0.0215. The number of amides is 1. The third-order valence-corrected chi connectivity index (χ3v) is 4.27. The first kappa shape index (κ1) is 17.4. The van der Waals surface area contributed by atoms with Crippen LogP contribution in [0.3, 0.4) is 0 Å². The van der Waals surface area contributed by atoms with Gasteiger partial charge in [0.1, 0.15) is 0 Å². The van der Waals surface area contributed by atoms with E-state index in [4.69, 9.17) is 4.74 Å². The molecular formula is C16H17N3O5. The van der Waals surface area contributed by atoms with Crippen molar-refractivity contribution >= 4 is 17.6 Å². The molecule has 24 heavy (non-hydrogen) atoms. The first-order valence-electron chi connectivity index (χ1n) is 7.55. The summed E-state index contributed by atoms with van der Waals surface area (Å²) in [5, 5.41) is 23.8. The van der Waals surface area contributed by atoms with Crippen LogP contribution in [0.15, 0.2) is 24.3 Å². The van der Waals surface area contributed by atoms with Gasteiger partial charge in [0.25, 0.3) is 0 Å². The highest BCUT2D eigenvalue weighted by molar-refractivity contribution is 6.09. The summed E-state index contributed by atoms with van der Waals surface area (Å²) in [6.45, 7) is 3.11. The molecule has 0 spiro atoms. The first-order chi connectivity index (χ1) is 11.4. The molecule has 1 aromatic carbocycles. The summed E-state index contributed by atoms with van der Waals surface area (Å²) in [4.78, 5) is 36.1. The molecule has 1 N–H and O–H groups in total. The van der Waals surface area contributed by atoms with Crippen LogP contribution in [0.25, 0.3) is 0 Å². The van der Waals surface area contributed by atoms with Gasteiger partial charge in [-0.25, -0.2) is 0 Å². The second kappa shape index (κ2) is 6.66. The minimum absolute atomic E-state index is 0.00557. The van der Waals surface area contributed by atoms with Crippen LogP contribution in [0.2, 0.25) is 0 Å². The molecular weight excluding hydrogens is 314 g/mol. The van der Waals surface area contributed by atoms with E-state index in [0.717, 1.165) is 0 Å². The van der Waals surface area contributed by atoms with Crippen LogP contribution < -0.4 is 5.32 Å². The zero-order chi connectivity index (χ0) is 17.9. The van der Waals surface area contributed by atoms with Crippen LogP contribution in [0.5, 0.6) is 0 Å². The molecule has 0 radical (unpaired) electrons. The smallest absolute Gasteiger partial charge is 0.325 e. The van der Waals surface area contributed by atoms with Gasteiger partial charge < -0.3 is 10.1 Å². The average Bonchev–Trinajstić information content (AvgIpc) is 2.82. The molecule has 0 bridgehead atoms. The Kier molecular flexibility index (Phi) is 4.83. The second-order valence-corrected chi connectivity index (χ2v) is 5.39. The number of hydrogen-bond donors (Lipinski definition) is 1. The van der Waals surface area contributed by atoms with E-state index in [9.17, 15) is 25.0 Å². The van der Waals surface area contributed by atoms with Gasteiger partial charge in [0.15, 0.2) is 11.3 Å². The number of nitrogens with one attached hydrogen (secondary N) is 1. The van der Waals surface area contributed by atoms with Crippen molar-refractivity contribution < 1.29 is 19.2 Å². The number of nitro groups is 1. The lowest BCUT2D eigenvalue weighted by Gasteiger charge is -2.32. The van der Waals surface area contributed by atoms with Crippen LogP contribution in [-0.2, 0) is 19.7 Å². The maximum atomic E-state index is 12.8. The fourth-order valence-electron chi connectivity index (χ4n) is 3.31. The summed E-state index contributed by atoms with van der Waals surface area (Å²) in [5.41, 5.74) is -1.28. The van der Waals surface area contributed by atoms with E-state index in [1.807, 2.05) is 0 Å². The van der Waals surface area contributed by atoms with Gasteiger partial charge >= 0.3 is 5.97 Å². The number of rotatable bonds is 6. The molecule has 1 amide bonds. The van der Waals surface area contributed by atoms with Crippen molar-refractivity contribution in [1.82, 2.24) is 0 Å². The molecule has 1 heterocycles. The van der Waals surface area contributed by atoms with Crippen LogP contribution in [0, 0.1) is 27.4 Å². The zero-order valence-corrected chi connectivity index (χ0v) is 13.3. The number of benzene rings is 1. The van der Waals surface area contributed by atoms with Crippen molar-refractivity contribution in [3.05, 3.63) is 39.9 Å². The number of fused-ring (bicyclic) bond motifs is 1. The summed E-state index contributed by atoms with van der Waals surface area (Å²) >= 11 is 0. The van der Waals surface area contributed by atoms with E-state index < -0.39 is 34.2 Å². The van der Waals surface area contributed by atoms with Crippen LogP contribution in [0.1, 0.15) is 25.8 Å². The molecule has 0 aliphatic carbocycles. The number of ether oxygens (including phenoxy) is 1. The SMILES string of the molecule is CCOC(=O)[C@@H](C#N)[C@]1(C(CC)[N+](=O)[O-])C(=O)Nc2ccccc21. The standard InChI is InChI=1S/C16H17N3O5/c1-3-13(19(22)23)16(11(9-17)14(20)24-4-2)10-7-5-6-8-12(10)18-15(16)21/h5-8,11,13H,3-4H2,1-2H3,(H,18,21)/t11-,13?,16-/m1/s1. The number of carbonyl (C=O) groups excluding carboxylic acids is 2. The lowest BCUT2D eigenvalue weighted by atomic mass is 9.65. The van der Waals surface area contributed by atoms with E-state index in [1.165, 1.54) is 6.07 Å². The van der Waals surface area contributed by atoms with Crippen molar-refractivity contribution in [2.24, 2.45) is 5.92 Å². The Labute approximate surface area is 138 Å². The first-order valence-corrected chi connectivity index (χ1v) is 7.55. The summed E-state index contributed by atoms with van der Waals surface area (Å²) in [5.74, 6) is -3.28. The maximum Gasteiger partial charge on any atom is 0.325 e. The van der Waals surface area contributed by atoms with Gasteiger partial charge in [-0.1, -0.05) is 25.1 Å². The number of esters is 1. The number of anilines is 1. The number of nitriles is 1. The van der Waals surface area contributed by atoms with E-state index >= 15 is 0 Å². The van der Waals surface area contributed by atoms with Gasteiger partial charge in [0, 0.05) is 22.6 Å². The number of hydrogen-bond acceptors (Lipinski definition) is 6. The lowest BCUT2D eigenvalue weighted by molar-refractivity contribution is -0.533. The minimum Gasteiger partial charge on any atom is -0.465 e. The molecule has 126 valence electrons. The molecule has 1 aliphatic heterocycles. The number of nitrogens with zero attached hydrogens (tertiary/aromatic N) is 2. The fraction of sp³-hybridized carbons (Fsp3) is 0.438. The maximum absolute atomic E-state index is 12.8. The molecule has 1 unspecified atom stereocenters. The van der Waals surface area contributed by atoms with Crippen molar-refractivity contribution in [1.29, 1.82) is 5.26 Å². The Balaban J connectivity index is 2.77. The number of para-hydroxylation sites is 1. The van der Waals surface area contributed by atoms with E-state index in [1.54, 1.807) is 38.1 Å². The Bertz CT molecular complexity index is 727. The molecule has 3 atom stereocenters. The van der Waals surface area contributed by atoms with Gasteiger partial charge in [-0.3, -0.25) is 19.7 Å². The average molecular weight is 331 g/mol. The van der Waals surface area contributed by atoms with Gasteiger partial charge in [0.05, 0.1) is 12.7 Å². The third kappa shape index (κ3) is 2.38. The highest BCUT2D eigenvalue weighted by Crippen LogP contribution is 2.47. The summed E-state index contributed by atoms with van der Waals surface area (Å²) in [7, 11) is 0. The predicted octanol–water partition coefficient (Wildman–Crippen LogP) is 1.63. The normalized spacial score (nSPS) is 21.1. The van der Waals surface area contributed by atoms with Crippen molar-refractivity contribution in [2.75, 3.05) is 11.9 Å². The molecule has 0 saturated carbocycles. The van der Waals surface area contributed by atoms with Crippen molar-refractivity contribution in [2.45, 2.75) is 31.7 Å². The number of carbonyl (C=O) groups is 2. The quantitative estimate of drug-likeness (QED) is 0.480. The van der Waals surface area contributed by atoms with Crippen molar-refractivity contribution in [3.63, 3.8) is 0 Å². The largest absolute Gasteiger partial charge is 0.465 e. The molecule has 0 aromatic heterocycles. The predicted molar refractivity (Wildman–Crippen MR) is 83.6 cm³/mol. The molecule has 0 saturated heterocycles. The Hall–Kier alpha value is -2.95. The molecule has 2 rings (SSSR count). The molecule has 0 fully saturated rings. The Morgan fingerprint density at radius 2 is 2.12 bits per heavy atom. The van der Waals surface area contributed by atoms with Gasteiger partial charge in [-0.15, -0.1) is 0 Å². The highest BCUT2D eigenvalue weighted by atomic mass is 16.6. The highest BCUT2D eigenvalue weighted by Gasteiger charge is 2.65. The van der Waals surface area contributed by atoms with Crippen LogP contribution in [-0.4, -0.2) is 29.4 Å². The third-order valence-electron chi connectivity index (χ3n) is 4.27. The van der Waals surface area contributed by atoms with Crippen LogP contribution in [0.4, 0.5) is 5.69 Å². The van der Waals surface area contributed by atoms with Gasteiger partial charge in [-0.05, 0) is 13.0 Å². The van der Waals surface area contributed by atoms with E-state index in [-0.39, 0.29) is 18.6 Å². The molecule has 1 aromatic rings.